The van der Waals surface area contributed by atoms with Crippen molar-refractivity contribution >= 4 is 35.2 Å². The predicted octanol–water partition coefficient (Wildman–Crippen LogP) is 2.54. The molecule has 1 aliphatic rings. The summed E-state index contributed by atoms with van der Waals surface area (Å²) in [6, 6.07) is 3.32. The molecule has 0 spiro atoms. The molecule has 7 heteroatoms. The van der Waals surface area contributed by atoms with Crippen molar-refractivity contribution in [2.45, 2.75) is 19.4 Å². The fourth-order valence-electron chi connectivity index (χ4n) is 2.14. The highest BCUT2D eigenvalue weighted by Crippen LogP contribution is 2.32. The van der Waals surface area contributed by atoms with Gasteiger partial charge in [0.2, 0.25) is 0 Å². The Morgan fingerprint density at radius 3 is 2.80 bits per heavy atom. The van der Waals surface area contributed by atoms with Crippen LogP contribution in [-0.4, -0.2) is 35.1 Å². The summed E-state index contributed by atoms with van der Waals surface area (Å²) >= 11 is 12.1. The highest BCUT2D eigenvalue weighted by molar-refractivity contribution is 6.42. The molecule has 5 nitrogen and oxygen atoms in total. The second-order valence-corrected chi connectivity index (χ2v) is 5.33. The van der Waals surface area contributed by atoms with Crippen LogP contribution in [0.25, 0.3) is 0 Å². The summed E-state index contributed by atoms with van der Waals surface area (Å²) in [5, 5.41) is 12.2. The molecule has 1 aliphatic heterocycles. The maximum atomic E-state index is 11.9. The van der Waals surface area contributed by atoms with Gasteiger partial charge in [-0.2, -0.15) is 0 Å². The molecule has 0 aromatic heterocycles. The van der Waals surface area contributed by atoms with Crippen LogP contribution in [0, 0.1) is 0 Å². The number of nitrogens with zero attached hydrogens (tertiary/aromatic N) is 1. The highest BCUT2D eigenvalue weighted by Gasteiger charge is 2.23. The lowest BCUT2D eigenvalue weighted by Crippen LogP contribution is -2.43. The number of amides is 2. The van der Waals surface area contributed by atoms with E-state index in [1.54, 1.807) is 11.0 Å². The van der Waals surface area contributed by atoms with Gasteiger partial charge in [-0.1, -0.05) is 29.3 Å². The van der Waals surface area contributed by atoms with Crippen LogP contribution in [0.2, 0.25) is 10.0 Å². The normalized spacial score (nSPS) is 13.8. The van der Waals surface area contributed by atoms with Gasteiger partial charge < -0.3 is 15.3 Å². The number of fused-ring (bicyclic) bond motifs is 1. The lowest BCUT2D eigenvalue weighted by Gasteiger charge is -2.29. The average Bonchev–Trinajstić information content (AvgIpc) is 2.42. The van der Waals surface area contributed by atoms with Gasteiger partial charge in [-0.05, 0) is 23.6 Å². The fourth-order valence-corrected chi connectivity index (χ4v) is 2.60. The number of rotatable bonds is 3. The number of nitrogens with one attached hydrogen (secondary N) is 1. The number of halogens is 2. The average molecular weight is 317 g/mol. The number of aliphatic carboxylic acids is 1. The van der Waals surface area contributed by atoms with E-state index < -0.39 is 5.97 Å². The lowest BCUT2D eigenvalue weighted by atomic mass is 10.00. The molecule has 0 saturated carbocycles. The first-order valence-electron chi connectivity index (χ1n) is 6.19. The summed E-state index contributed by atoms with van der Waals surface area (Å²) in [4.78, 5) is 23.9. The fraction of sp³-hybridized carbons (Fsp3) is 0.385. The number of carbonyl (C=O) groups excluding carboxylic acids is 1. The third-order valence-corrected chi connectivity index (χ3v) is 4.03. The number of urea groups is 1. The van der Waals surface area contributed by atoms with Gasteiger partial charge in [0.05, 0.1) is 16.5 Å². The number of carboxylic acid groups (broad SMARTS) is 1. The summed E-state index contributed by atoms with van der Waals surface area (Å²) in [6.07, 6.45) is 0.554. The first-order chi connectivity index (χ1) is 9.49. The minimum Gasteiger partial charge on any atom is -0.481 e. The Labute approximate surface area is 126 Å². The molecule has 2 rings (SSSR count). The van der Waals surface area contributed by atoms with E-state index in [1.807, 2.05) is 6.07 Å². The zero-order chi connectivity index (χ0) is 14.7. The Bertz CT molecular complexity index is 549. The van der Waals surface area contributed by atoms with Crippen LogP contribution in [0.3, 0.4) is 0 Å². The number of carbonyl (C=O) groups is 2. The van der Waals surface area contributed by atoms with E-state index in [0.717, 1.165) is 11.1 Å². The topological polar surface area (TPSA) is 69.6 Å². The van der Waals surface area contributed by atoms with E-state index in [2.05, 4.69) is 5.32 Å². The molecule has 0 radical (unpaired) electrons. The van der Waals surface area contributed by atoms with Crippen LogP contribution < -0.4 is 5.32 Å². The van der Waals surface area contributed by atoms with Crippen LogP contribution in [0.4, 0.5) is 4.79 Å². The van der Waals surface area contributed by atoms with E-state index in [-0.39, 0.29) is 19.0 Å². The van der Waals surface area contributed by atoms with Gasteiger partial charge in [0.15, 0.2) is 0 Å². The molecule has 0 bridgehead atoms. The molecular weight excluding hydrogens is 303 g/mol. The number of hydrogen-bond acceptors (Lipinski definition) is 2. The second kappa shape index (κ2) is 6.33. The predicted molar refractivity (Wildman–Crippen MR) is 76.2 cm³/mol. The highest BCUT2D eigenvalue weighted by atomic mass is 35.5. The Kier molecular flexibility index (Phi) is 4.73. The molecule has 108 valence electrons. The van der Waals surface area contributed by atoms with Crippen molar-refractivity contribution < 1.29 is 14.7 Å². The summed E-state index contributed by atoms with van der Waals surface area (Å²) in [5.74, 6) is -0.935. The van der Waals surface area contributed by atoms with Gasteiger partial charge in [0, 0.05) is 19.6 Å². The Hall–Kier alpha value is -1.46. The van der Waals surface area contributed by atoms with Crippen LogP contribution in [-0.2, 0) is 17.8 Å². The molecule has 20 heavy (non-hydrogen) atoms. The number of carboxylic acids is 1. The van der Waals surface area contributed by atoms with Crippen LogP contribution in [0.1, 0.15) is 17.5 Å². The SMILES string of the molecule is O=C(O)CCNC(=O)N1CCc2c(ccc(Cl)c2Cl)C1. The minimum absolute atomic E-state index is 0.0857. The molecule has 1 heterocycles. The third kappa shape index (κ3) is 3.35. The van der Waals surface area contributed by atoms with Crippen LogP contribution in [0.5, 0.6) is 0 Å². The molecule has 0 saturated heterocycles. The maximum absolute atomic E-state index is 11.9. The zero-order valence-electron chi connectivity index (χ0n) is 10.7. The molecule has 0 aliphatic carbocycles. The van der Waals surface area contributed by atoms with Crippen molar-refractivity contribution in [3.8, 4) is 0 Å². The molecular formula is C13H14Cl2N2O3. The van der Waals surface area contributed by atoms with Gasteiger partial charge >= 0.3 is 12.0 Å². The molecule has 1 aromatic rings. The maximum Gasteiger partial charge on any atom is 0.317 e. The summed E-state index contributed by atoms with van der Waals surface area (Å²) < 4.78 is 0. The van der Waals surface area contributed by atoms with Gasteiger partial charge in [0.25, 0.3) is 0 Å². The largest absolute Gasteiger partial charge is 0.481 e. The van der Waals surface area contributed by atoms with E-state index in [0.29, 0.717) is 29.6 Å². The molecule has 1 aromatic carbocycles. The first kappa shape index (κ1) is 14.9. The third-order valence-electron chi connectivity index (χ3n) is 3.19. The van der Waals surface area contributed by atoms with Gasteiger partial charge in [0.1, 0.15) is 0 Å². The summed E-state index contributed by atoms with van der Waals surface area (Å²) in [5.41, 5.74) is 1.95. The Morgan fingerprint density at radius 2 is 2.10 bits per heavy atom. The molecule has 2 N–H and O–H groups in total. The Balaban J connectivity index is 1.99. The first-order valence-corrected chi connectivity index (χ1v) is 6.95. The van der Waals surface area contributed by atoms with E-state index in [9.17, 15) is 9.59 Å². The Morgan fingerprint density at radius 1 is 1.35 bits per heavy atom. The van der Waals surface area contributed by atoms with Crippen LogP contribution in [0.15, 0.2) is 12.1 Å². The van der Waals surface area contributed by atoms with Gasteiger partial charge in [-0.15, -0.1) is 0 Å². The lowest BCUT2D eigenvalue weighted by molar-refractivity contribution is -0.136. The van der Waals surface area contributed by atoms with Crippen molar-refractivity contribution in [2.24, 2.45) is 0 Å². The number of hydrogen-bond donors (Lipinski definition) is 2. The molecule has 0 fully saturated rings. The standard InChI is InChI=1S/C13H14Cl2N2O3/c14-10-2-1-8-7-17(6-4-9(8)12(10)15)13(20)16-5-3-11(18)19/h1-2H,3-7H2,(H,16,20)(H,18,19). The van der Waals surface area contributed by atoms with Crippen molar-refractivity contribution in [2.75, 3.05) is 13.1 Å². The van der Waals surface area contributed by atoms with E-state index in [4.69, 9.17) is 28.3 Å². The van der Waals surface area contributed by atoms with E-state index in [1.165, 1.54) is 0 Å². The van der Waals surface area contributed by atoms with E-state index >= 15 is 0 Å². The molecule has 0 unspecified atom stereocenters. The minimum atomic E-state index is -0.935. The zero-order valence-corrected chi connectivity index (χ0v) is 12.2. The van der Waals surface area contributed by atoms with Crippen molar-refractivity contribution in [3.63, 3.8) is 0 Å². The quantitative estimate of drug-likeness (QED) is 0.900. The van der Waals surface area contributed by atoms with Crippen molar-refractivity contribution in [3.05, 3.63) is 33.3 Å². The molecule has 0 atom stereocenters. The van der Waals surface area contributed by atoms with Gasteiger partial charge in [-0.3, -0.25) is 4.79 Å². The van der Waals surface area contributed by atoms with Gasteiger partial charge in [-0.25, -0.2) is 4.79 Å². The second-order valence-electron chi connectivity index (χ2n) is 4.55. The van der Waals surface area contributed by atoms with Crippen LogP contribution >= 0.6 is 23.2 Å². The molecule has 2 amide bonds. The monoisotopic (exact) mass is 316 g/mol. The number of benzene rings is 1. The van der Waals surface area contributed by atoms with Crippen molar-refractivity contribution in [1.82, 2.24) is 10.2 Å². The smallest absolute Gasteiger partial charge is 0.317 e. The summed E-state index contributed by atoms with van der Waals surface area (Å²) in [7, 11) is 0. The summed E-state index contributed by atoms with van der Waals surface area (Å²) in [6.45, 7) is 1.11. The van der Waals surface area contributed by atoms with Crippen molar-refractivity contribution in [1.29, 1.82) is 0 Å².